The molecule has 0 spiro atoms. The van der Waals surface area contributed by atoms with Crippen molar-refractivity contribution in [1.29, 1.82) is 0 Å². The van der Waals surface area contributed by atoms with E-state index in [1.807, 2.05) is 10.6 Å². The Morgan fingerprint density at radius 1 is 1.09 bits per heavy atom. The molecule has 5 heteroatoms. The zero-order chi connectivity index (χ0) is 16.6. The van der Waals surface area contributed by atoms with E-state index in [4.69, 9.17) is 10.1 Å². The van der Waals surface area contributed by atoms with Crippen LogP contribution in [-0.2, 0) is 0 Å². The normalized spacial score (nSPS) is 11.6. The van der Waals surface area contributed by atoms with Gasteiger partial charge in [-0.2, -0.15) is 5.10 Å². The molecule has 120 valence electrons. The lowest BCUT2D eigenvalue weighted by Gasteiger charge is -2.10. The smallest absolute Gasteiger partial charge is 0.223 e. The Bertz CT molecular complexity index is 833. The van der Waals surface area contributed by atoms with Crippen molar-refractivity contribution in [2.45, 2.75) is 46.6 Å². The second kappa shape index (κ2) is 5.99. The Morgan fingerprint density at radius 2 is 1.87 bits per heavy atom. The Balaban J connectivity index is 2.22. The number of pyridine rings is 1. The number of nitrogens with zero attached hydrogens (tertiary/aromatic N) is 4. The molecule has 0 aliphatic rings. The molecule has 3 aromatic rings. The molecule has 0 saturated carbocycles. The van der Waals surface area contributed by atoms with Crippen molar-refractivity contribution in [3.63, 3.8) is 0 Å². The molecule has 0 radical (unpaired) electrons. The lowest BCUT2D eigenvalue weighted by molar-refractivity contribution is 0.780. The maximum atomic E-state index is 4.81. The van der Waals surface area contributed by atoms with Crippen LogP contribution in [0.2, 0.25) is 0 Å². The van der Waals surface area contributed by atoms with Crippen LogP contribution in [0.25, 0.3) is 16.8 Å². The summed E-state index contributed by atoms with van der Waals surface area (Å²) >= 11 is 0. The molecule has 0 bridgehead atoms. The van der Waals surface area contributed by atoms with E-state index in [1.54, 1.807) is 6.20 Å². The minimum absolute atomic E-state index is 0.293. The highest BCUT2D eigenvalue weighted by Crippen LogP contribution is 2.32. The van der Waals surface area contributed by atoms with E-state index in [0.29, 0.717) is 17.9 Å². The summed E-state index contributed by atoms with van der Waals surface area (Å²) in [5, 5.41) is 8.08. The molecule has 0 amide bonds. The van der Waals surface area contributed by atoms with Gasteiger partial charge in [0.2, 0.25) is 5.95 Å². The van der Waals surface area contributed by atoms with Gasteiger partial charge >= 0.3 is 0 Å². The van der Waals surface area contributed by atoms with Gasteiger partial charge in [0.1, 0.15) is 0 Å². The fraction of sp³-hybridized carbons (Fsp3) is 0.389. The molecule has 0 atom stereocenters. The highest BCUT2D eigenvalue weighted by molar-refractivity contribution is 5.81. The SMILES string of the molecule is Cc1cccc2c(-c3ccnc(NC(C)C)n3)c(C(C)C)nn12. The lowest BCUT2D eigenvalue weighted by Crippen LogP contribution is -2.12. The topological polar surface area (TPSA) is 55.1 Å². The highest BCUT2D eigenvalue weighted by atomic mass is 15.2. The van der Waals surface area contributed by atoms with Gasteiger partial charge in [-0.25, -0.2) is 14.5 Å². The molecular formula is C18H23N5. The van der Waals surface area contributed by atoms with Crippen LogP contribution in [0, 0.1) is 6.92 Å². The maximum Gasteiger partial charge on any atom is 0.223 e. The predicted molar refractivity (Wildman–Crippen MR) is 93.8 cm³/mol. The minimum atomic E-state index is 0.293. The second-order valence-electron chi connectivity index (χ2n) is 6.44. The van der Waals surface area contributed by atoms with Gasteiger partial charge in [-0.1, -0.05) is 19.9 Å². The van der Waals surface area contributed by atoms with Crippen LogP contribution in [0.5, 0.6) is 0 Å². The lowest BCUT2D eigenvalue weighted by atomic mass is 10.0. The number of anilines is 1. The molecule has 0 aromatic carbocycles. The van der Waals surface area contributed by atoms with Crippen molar-refractivity contribution < 1.29 is 0 Å². The molecule has 0 saturated heterocycles. The molecule has 1 N–H and O–H groups in total. The van der Waals surface area contributed by atoms with Gasteiger partial charge in [0.15, 0.2) is 0 Å². The van der Waals surface area contributed by atoms with Gasteiger partial charge in [0, 0.05) is 23.5 Å². The fourth-order valence-electron chi connectivity index (χ4n) is 2.71. The van der Waals surface area contributed by atoms with Crippen LogP contribution < -0.4 is 5.32 Å². The molecule has 5 nitrogen and oxygen atoms in total. The summed E-state index contributed by atoms with van der Waals surface area (Å²) in [4.78, 5) is 9.01. The summed E-state index contributed by atoms with van der Waals surface area (Å²) in [7, 11) is 0. The van der Waals surface area contributed by atoms with E-state index in [2.05, 4.69) is 63.1 Å². The molecule has 0 fully saturated rings. The average Bonchev–Trinajstić information content (AvgIpc) is 2.88. The molecular weight excluding hydrogens is 286 g/mol. The Morgan fingerprint density at radius 3 is 2.57 bits per heavy atom. The van der Waals surface area contributed by atoms with E-state index in [9.17, 15) is 0 Å². The van der Waals surface area contributed by atoms with Gasteiger partial charge in [-0.05, 0) is 44.9 Å². The summed E-state index contributed by atoms with van der Waals surface area (Å²) in [5.74, 6) is 0.972. The number of rotatable bonds is 4. The zero-order valence-corrected chi connectivity index (χ0v) is 14.3. The third-order valence-electron chi connectivity index (χ3n) is 3.75. The third kappa shape index (κ3) is 2.91. The third-order valence-corrected chi connectivity index (χ3v) is 3.75. The van der Waals surface area contributed by atoms with Gasteiger partial charge in [0.25, 0.3) is 0 Å². The first-order chi connectivity index (χ1) is 11.0. The maximum absolute atomic E-state index is 4.81. The molecule has 0 aliphatic heterocycles. The van der Waals surface area contributed by atoms with Crippen molar-refractivity contribution in [3.8, 4) is 11.3 Å². The number of fused-ring (bicyclic) bond motifs is 1. The first-order valence-electron chi connectivity index (χ1n) is 8.05. The standard InChI is InChI=1S/C18H23N5/c1-11(2)17-16(15-8-6-7-13(5)23(15)22-17)14-9-10-19-18(21-14)20-12(3)4/h6-12H,1-5H3,(H,19,20,21). The van der Waals surface area contributed by atoms with Crippen LogP contribution in [-0.4, -0.2) is 25.6 Å². The van der Waals surface area contributed by atoms with Crippen molar-refractivity contribution in [2.75, 3.05) is 5.32 Å². The molecule has 0 aliphatic carbocycles. The Labute approximate surface area is 136 Å². The molecule has 3 rings (SSSR count). The zero-order valence-electron chi connectivity index (χ0n) is 14.3. The largest absolute Gasteiger partial charge is 0.352 e. The molecule has 0 unspecified atom stereocenters. The summed E-state index contributed by atoms with van der Waals surface area (Å²) in [6.45, 7) is 10.5. The van der Waals surface area contributed by atoms with Gasteiger partial charge in [-0.3, -0.25) is 0 Å². The number of aryl methyl sites for hydroxylation is 1. The Hall–Kier alpha value is -2.43. The van der Waals surface area contributed by atoms with E-state index in [0.717, 1.165) is 28.2 Å². The summed E-state index contributed by atoms with van der Waals surface area (Å²) in [5.41, 5.74) is 5.27. The summed E-state index contributed by atoms with van der Waals surface area (Å²) in [6.07, 6.45) is 1.80. The van der Waals surface area contributed by atoms with Crippen molar-refractivity contribution >= 4 is 11.5 Å². The summed E-state index contributed by atoms with van der Waals surface area (Å²) < 4.78 is 2.00. The minimum Gasteiger partial charge on any atom is -0.352 e. The number of hydrogen-bond acceptors (Lipinski definition) is 4. The quantitative estimate of drug-likeness (QED) is 0.790. The first kappa shape index (κ1) is 15.5. The van der Waals surface area contributed by atoms with Crippen LogP contribution in [0.1, 0.15) is 45.0 Å². The van der Waals surface area contributed by atoms with Crippen molar-refractivity contribution in [3.05, 3.63) is 41.9 Å². The first-order valence-corrected chi connectivity index (χ1v) is 8.05. The van der Waals surface area contributed by atoms with Crippen LogP contribution in [0.15, 0.2) is 30.5 Å². The predicted octanol–water partition coefficient (Wildman–Crippen LogP) is 4.04. The highest BCUT2D eigenvalue weighted by Gasteiger charge is 2.19. The van der Waals surface area contributed by atoms with E-state index in [-0.39, 0.29) is 0 Å². The van der Waals surface area contributed by atoms with E-state index < -0.39 is 0 Å². The van der Waals surface area contributed by atoms with Gasteiger partial charge < -0.3 is 5.32 Å². The fourth-order valence-corrected chi connectivity index (χ4v) is 2.71. The van der Waals surface area contributed by atoms with E-state index in [1.165, 1.54) is 0 Å². The van der Waals surface area contributed by atoms with Crippen molar-refractivity contribution in [1.82, 2.24) is 19.6 Å². The van der Waals surface area contributed by atoms with Crippen LogP contribution in [0.3, 0.4) is 0 Å². The van der Waals surface area contributed by atoms with Gasteiger partial charge in [-0.15, -0.1) is 0 Å². The van der Waals surface area contributed by atoms with Gasteiger partial charge in [0.05, 0.1) is 16.9 Å². The second-order valence-corrected chi connectivity index (χ2v) is 6.44. The number of aromatic nitrogens is 4. The van der Waals surface area contributed by atoms with Crippen molar-refractivity contribution in [2.24, 2.45) is 0 Å². The number of nitrogens with one attached hydrogen (secondary N) is 1. The van der Waals surface area contributed by atoms with E-state index >= 15 is 0 Å². The monoisotopic (exact) mass is 309 g/mol. The average molecular weight is 309 g/mol. The van der Waals surface area contributed by atoms with Crippen LogP contribution in [0.4, 0.5) is 5.95 Å². The number of hydrogen-bond donors (Lipinski definition) is 1. The molecule has 3 heterocycles. The molecule has 3 aromatic heterocycles. The Kier molecular flexibility index (Phi) is 4.03. The summed E-state index contributed by atoms with van der Waals surface area (Å²) in [6, 6.07) is 8.48. The molecule has 23 heavy (non-hydrogen) atoms. The van der Waals surface area contributed by atoms with Crippen LogP contribution >= 0.6 is 0 Å².